The molecule has 1 atom stereocenters. The van der Waals surface area contributed by atoms with E-state index in [4.69, 9.17) is 5.73 Å². The highest BCUT2D eigenvalue weighted by molar-refractivity contribution is 9.10. The lowest BCUT2D eigenvalue weighted by Crippen LogP contribution is -2.13. The first-order chi connectivity index (χ1) is 7.66. The molecule has 3 nitrogen and oxygen atoms in total. The third kappa shape index (κ3) is 2.48. The maximum absolute atomic E-state index is 13.0. The van der Waals surface area contributed by atoms with Crippen LogP contribution in [-0.2, 0) is 6.42 Å². The Bertz CT molecular complexity index is 470. The van der Waals surface area contributed by atoms with Gasteiger partial charge in [-0.3, -0.25) is 0 Å². The van der Waals surface area contributed by atoms with Gasteiger partial charge in [0.1, 0.15) is 5.82 Å². The summed E-state index contributed by atoms with van der Waals surface area (Å²) in [5.41, 5.74) is 7.87. The van der Waals surface area contributed by atoms with Crippen LogP contribution in [0.5, 0.6) is 0 Å². The van der Waals surface area contributed by atoms with Crippen molar-refractivity contribution in [2.75, 3.05) is 0 Å². The van der Waals surface area contributed by atoms with E-state index in [9.17, 15) is 4.39 Å². The molecule has 0 saturated carbocycles. The van der Waals surface area contributed by atoms with Gasteiger partial charge in [-0.2, -0.15) is 0 Å². The first-order valence-electron chi connectivity index (χ1n) is 4.84. The van der Waals surface area contributed by atoms with Gasteiger partial charge in [-0.15, -0.1) is 0 Å². The Hall–Kier alpha value is -1.20. The van der Waals surface area contributed by atoms with Crippen molar-refractivity contribution in [2.24, 2.45) is 5.73 Å². The number of rotatable bonds is 3. The summed E-state index contributed by atoms with van der Waals surface area (Å²) in [6.45, 7) is 0. The topological polar surface area (TPSA) is 54.7 Å². The zero-order chi connectivity index (χ0) is 11.5. The minimum absolute atomic E-state index is 0.169. The SMILES string of the molecule is NC(Cc1cnc[nH]1)c1ccc(F)c(Br)c1. The highest BCUT2D eigenvalue weighted by Gasteiger charge is 2.09. The van der Waals surface area contributed by atoms with Crippen LogP contribution in [0.4, 0.5) is 4.39 Å². The number of aromatic nitrogens is 2. The number of nitrogens with one attached hydrogen (secondary N) is 1. The Kier molecular flexibility index (Phi) is 3.36. The van der Waals surface area contributed by atoms with Crippen LogP contribution in [0.3, 0.4) is 0 Å². The Labute approximate surface area is 101 Å². The second-order valence-corrected chi connectivity index (χ2v) is 4.42. The van der Waals surface area contributed by atoms with Gasteiger partial charge in [-0.05, 0) is 33.6 Å². The van der Waals surface area contributed by atoms with E-state index < -0.39 is 0 Å². The molecule has 0 bridgehead atoms. The number of hydrogen-bond acceptors (Lipinski definition) is 2. The van der Waals surface area contributed by atoms with Crippen LogP contribution in [0.1, 0.15) is 17.3 Å². The largest absolute Gasteiger partial charge is 0.348 e. The zero-order valence-electron chi connectivity index (χ0n) is 8.45. The minimum atomic E-state index is -0.280. The van der Waals surface area contributed by atoms with Gasteiger partial charge < -0.3 is 10.7 Å². The third-order valence-corrected chi connectivity index (χ3v) is 2.97. The molecular weight excluding hydrogens is 273 g/mol. The lowest BCUT2D eigenvalue weighted by Gasteiger charge is -2.11. The fourth-order valence-electron chi connectivity index (χ4n) is 1.49. The van der Waals surface area contributed by atoms with E-state index in [-0.39, 0.29) is 11.9 Å². The van der Waals surface area contributed by atoms with Crippen LogP contribution >= 0.6 is 15.9 Å². The van der Waals surface area contributed by atoms with Gasteiger partial charge in [0.2, 0.25) is 0 Å². The average Bonchev–Trinajstić information content (AvgIpc) is 2.74. The predicted molar refractivity (Wildman–Crippen MR) is 63.3 cm³/mol. The summed E-state index contributed by atoms with van der Waals surface area (Å²) < 4.78 is 13.5. The number of halogens is 2. The molecule has 0 fully saturated rings. The lowest BCUT2D eigenvalue weighted by atomic mass is 10.0. The second kappa shape index (κ2) is 4.76. The molecule has 84 valence electrons. The summed E-state index contributed by atoms with van der Waals surface area (Å²) in [5.74, 6) is -0.280. The van der Waals surface area contributed by atoms with E-state index in [0.717, 1.165) is 11.3 Å². The Morgan fingerprint density at radius 2 is 2.31 bits per heavy atom. The first kappa shape index (κ1) is 11.3. The molecule has 1 heterocycles. The highest BCUT2D eigenvalue weighted by Crippen LogP contribution is 2.21. The summed E-state index contributed by atoms with van der Waals surface area (Å²) in [6.07, 6.45) is 4.00. The van der Waals surface area contributed by atoms with Crippen molar-refractivity contribution in [3.63, 3.8) is 0 Å². The van der Waals surface area contributed by atoms with Crippen molar-refractivity contribution < 1.29 is 4.39 Å². The highest BCUT2D eigenvalue weighted by atomic mass is 79.9. The van der Waals surface area contributed by atoms with E-state index in [0.29, 0.717) is 10.9 Å². The molecule has 0 spiro atoms. The van der Waals surface area contributed by atoms with Crippen molar-refractivity contribution in [3.05, 3.63) is 52.3 Å². The monoisotopic (exact) mass is 283 g/mol. The van der Waals surface area contributed by atoms with Gasteiger partial charge in [-0.1, -0.05) is 6.07 Å². The summed E-state index contributed by atoms with van der Waals surface area (Å²) in [6, 6.07) is 4.64. The predicted octanol–water partition coefficient (Wildman–Crippen LogP) is 2.55. The third-order valence-electron chi connectivity index (χ3n) is 2.37. The molecule has 0 aliphatic rings. The Morgan fingerprint density at radius 1 is 1.50 bits per heavy atom. The van der Waals surface area contributed by atoms with Gasteiger partial charge in [0.15, 0.2) is 0 Å². The van der Waals surface area contributed by atoms with Crippen molar-refractivity contribution >= 4 is 15.9 Å². The quantitative estimate of drug-likeness (QED) is 0.910. The van der Waals surface area contributed by atoms with E-state index >= 15 is 0 Å². The van der Waals surface area contributed by atoms with Crippen LogP contribution in [-0.4, -0.2) is 9.97 Å². The maximum Gasteiger partial charge on any atom is 0.137 e. The molecule has 3 N–H and O–H groups in total. The summed E-state index contributed by atoms with van der Waals surface area (Å²) in [4.78, 5) is 6.91. The van der Waals surface area contributed by atoms with Crippen LogP contribution in [0, 0.1) is 5.82 Å². The normalized spacial score (nSPS) is 12.7. The number of hydrogen-bond donors (Lipinski definition) is 2. The molecule has 5 heteroatoms. The molecule has 16 heavy (non-hydrogen) atoms. The van der Waals surface area contributed by atoms with Crippen LogP contribution in [0.2, 0.25) is 0 Å². The molecular formula is C11H11BrFN3. The van der Waals surface area contributed by atoms with Gasteiger partial charge in [0, 0.05) is 24.4 Å². The zero-order valence-corrected chi connectivity index (χ0v) is 10.0. The molecule has 0 aliphatic heterocycles. The fraction of sp³-hybridized carbons (Fsp3) is 0.182. The van der Waals surface area contributed by atoms with Gasteiger partial charge in [-0.25, -0.2) is 9.37 Å². The van der Waals surface area contributed by atoms with Gasteiger partial charge in [0.05, 0.1) is 10.8 Å². The summed E-state index contributed by atoms with van der Waals surface area (Å²) in [5, 5.41) is 0. The molecule has 1 aromatic carbocycles. The van der Waals surface area contributed by atoms with Crippen LogP contribution in [0.25, 0.3) is 0 Å². The van der Waals surface area contributed by atoms with Crippen LogP contribution < -0.4 is 5.73 Å². The Balaban J connectivity index is 2.14. The fourth-order valence-corrected chi connectivity index (χ4v) is 1.89. The van der Waals surface area contributed by atoms with E-state index in [1.165, 1.54) is 6.07 Å². The summed E-state index contributed by atoms with van der Waals surface area (Å²) >= 11 is 3.14. The van der Waals surface area contributed by atoms with Crippen molar-refractivity contribution in [1.29, 1.82) is 0 Å². The number of nitrogens with zero attached hydrogens (tertiary/aromatic N) is 1. The lowest BCUT2D eigenvalue weighted by molar-refractivity contribution is 0.617. The molecule has 1 aromatic heterocycles. The molecule has 0 saturated heterocycles. The number of imidazole rings is 1. The molecule has 0 radical (unpaired) electrons. The van der Waals surface area contributed by atoms with Crippen LogP contribution in [0.15, 0.2) is 35.2 Å². The van der Waals surface area contributed by atoms with E-state index in [1.54, 1.807) is 24.7 Å². The first-order valence-corrected chi connectivity index (χ1v) is 5.64. The second-order valence-electron chi connectivity index (χ2n) is 3.56. The molecule has 0 aliphatic carbocycles. The van der Waals surface area contributed by atoms with Gasteiger partial charge >= 0.3 is 0 Å². The standard InChI is InChI=1S/C11H11BrFN3/c12-9-3-7(1-2-10(9)13)11(14)4-8-5-15-6-16-8/h1-3,5-6,11H,4,14H2,(H,15,16). The van der Waals surface area contributed by atoms with Gasteiger partial charge in [0.25, 0.3) is 0 Å². The van der Waals surface area contributed by atoms with Crippen molar-refractivity contribution in [3.8, 4) is 0 Å². The summed E-state index contributed by atoms with van der Waals surface area (Å²) in [7, 11) is 0. The number of aromatic amines is 1. The van der Waals surface area contributed by atoms with Crippen molar-refractivity contribution in [1.82, 2.24) is 9.97 Å². The Morgan fingerprint density at radius 3 is 2.94 bits per heavy atom. The molecule has 0 amide bonds. The maximum atomic E-state index is 13.0. The number of benzene rings is 1. The van der Waals surface area contributed by atoms with E-state index in [2.05, 4.69) is 25.9 Å². The number of H-pyrrole nitrogens is 1. The minimum Gasteiger partial charge on any atom is -0.348 e. The van der Waals surface area contributed by atoms with E-state index in [1.807, 2.05) is 0 Å². The van der Waals surface area contributed by atoms with Crippen molar-refractivity contribution in [2.45, 2.75) is 12.5 Å². The smallest absolute Gasteiger partial charge is 0.137 e. The molecule has 2 rings (SSSR count). The number of nitrogens with two attached hydrogens (primary N) is 1. The molecule has 2 aromatic rings. The average molecular weight is 284 g/mol. The molecule has 1 unspecified atom stereocenters.